The second-order valence-corrected chi connectivity index (χ2v) is 6.55. The molecule has 0 aliphatic carbocycles. The number of amides is 1. The number of carbonyl (C=O) groups excluding carboxylic acids is 2. The molecule has 5 nitrogen and oxygen atoms in total. The van der Waals surface area contributed by atoms with E-state index in [0.29, 0.717) is 25.0 Å². The summed E-state index contributed by atoms with van der Waals surface area (Å²) in [4.78, 5) is 24.7. The summed E-state index contributed by atoms with van der Waals surface area (Å²) in [5.74, 6) is -0.269. The lowest BCUT2D eigenvalue weighted by atomic mass is 10.00. The first-order valence-corrected chi connectivity index (χ1v) is 9.03. The lowest BCUT2D eigenvalue weighted by Gasteiger charge is -2.10. The van der Waals surface area contributed by atoms with Crippen LogP contribution in [0, 0.1) is 0 Å². The van der Waals surface area contributed by atoms with Crippen molar-refractivity contribution < 1.29 is 19.4 Å². The molecule has 1 amide bonds. The molecule has 1 aliphatic heterocycles. The number of rotatable bonds is 8. The summed E-state index contributed by atoms with van der Waals surface area (Å²) in [5.41, 5.74) is 1.91. The highest BCUT2D eigenvalue weighted by molar-refractivity contribution is 6.21. The summed E-state index contributed by atoms with van der Waals surface area (Å²) in [7, 11) is 1.58. The van der Waals surface area contributed by atoms with E-state index in [9.17, 15) is 14.7 Å². The van der Waals surface area contributed by atoms with Crippen molar-refractivity contribution in [1.82, 2.24) is 5.32 Å². The molecule has 0 spiro atoms. The number of aliphatic hydroxyl groups excluding tert-OH is 1. The van der Waals surface area contributed by atoms with Gasteiger partial charge in [0.15, 0.2) is 5.78 Å². The number of methoxy groups -OCH3 is 1. The third kappa shape index (κ3) is 4.37. The topological polar surface area (TPSA) is 75.6 Å². The van der Waals surface area contributed by atoms with Gasteiger partial charge in [0.1, 0.15) is 17.1 Å². The molecule has 2 aromatic rings. The van der Waals surface area contributed by atoms with Crippen molar-refractivity contribution >= 4 is 11.7 Å². The fraction of sp³-hybridized carbons (Fsp3) is 0.273. The fourth-order valence-corrected chi connectivity index (χ4v) is 3.31. The maximum atomic E-state index is 12.5. The van der Waals surface area contributed by atoms with Crippen molar-refractivity contribution in [3.8, 4) is 5.75 Å². The number of benzene rings is 2. The summed E-state index contributed by atoms with van der Waals surface area (Å²) in [5, 5.41) is 13.1. The van der Waals surface area contributed by atoms with Gasteiger partial charge in [-0.3, -0.25) is 9.59 Å². The first kappa shape index (κ1) is 18.7. The predicted molar refractivity (Wildman–Crippen MR) is 103 cm³/mol. The Hall–Kier alpha value is -3.08. The van der Waals surface area contributed by atoms with E-state index in [-0.39, 0.29) is 23.5 Å². The van der Waals surface area contributed by atoms with Crippen LogP contribution in [0.15, 0.2) is 65.9 Å². The number of hydrogen-bond donors (Lipinski definition) is 2. The average molecular weight is 365 g/mol. The average Bonchev–Trinajstić information content (AvgIpc) is 2.99. The van der Waals surface area contributed by atoms with Crippen LogP contribution in [0.1, 0.15) is 24.0 Å². The Kier molecular flexibility index (Phi) is 5.91. The SMILES string of the molecule is COc1ccccc1CCC(=O)C1=C(O)C(CCc2ccccc2)NC1=O. The Bertz CT molecular complexity index is 858. The first-order chi connectivity index (χ1) is 13.1. The number of Topliss-reactive ketones (excluding diaryl/α,β-unsaturated/α-hetero) is 1. The Balaban J connectivity index is 1.64. The number of nitrogens with one attached hydrogen (secondary N) is 1. The summed E-state index contributed by atoms with van der Waals surface area (Å²) in [6.45, 7) is 0. The van der Waals surface area contributed by atoms with Crippen LogP contribution in [0.4, 0.5) is 0 Å². The number of aliphatic hydroxyl groups is 1. The van der Waals surface area contributed by atoms with E-state index in [1.165, 1.54) is 0 Å². The van der Waals surface area contributed by atoms with E-state index in [1.54, 1.807) is 7.11 Å². The Morgan fingerprint density at radius 2 is 1.78 bits per heavy atom. The minimum absolute atomic E-state index is 0.108. The van der Waals surface area contributed by atoms with Crippen molar-refractivity contribution in [1.29, 1.82) is 0 Å². The van der Waals surface area contributed by atoms with E-state index in [1.807, 2.05) is 54.6 Å². The molecule has 0 radical (unpaired) electrons. The summed E-state index contributed by atoms with van der Waals surface area (Å²) >= 11 is 0. The lowest BCUT2D eigenvalue weighted by molar-refractivity contribution is -0.122. The Morgan fingerprint density at radius 3 is 2.52 bits per heavy atom. The van der Waals surface area contributed by atoms with Crippen LogP contribution in [0.2, 0.25) is 0 Å². The second kappa shape index (κ2) is 8.54. The highest BCUT2D eigenvalue weighted by Gasteiger charge is 2.35. The number of ether oxygens (including phenoxy) is 1. The molecular weight excluding hydrogens is 342 g/mol. The van der Waals surface area contributed by atoms with Crippen LogP contribution in [-0.2, 0) is 22.4 Å². The molecule has 27 heavy (non-hydrogen) atoms. The van der Waals surface area contributed by atoms with Gasteiger partial charge in [0, 0.05) is 6.42 Å². The van der Waals surface area contributed by atoms with Crippen LogP contribution >= 0.6 is 0 Å². The molecule has 1 heterocycles. The molecule has 1 aliphatic rings. The zero-order valence-corrected chi connectivity index (χ0v) is 15.3. The van der Waals surface area contributed by atoms with Crippen molar-refractivity contribution in [2.24, 2.45) is 0 Å². The molecule has 0 fully saturated rings. The number of para-hydroxylation sites is 1. The maximum Gasteiger partial charge on any atom is 0.259 e. The normalized spacial score (nSPS) is 16.3. The van der Waals surface area contributed by atoms with Crippen LogP contribution in [0.25, 0.3) is 0 Å². The van der Waals surface area contributed by atoms with Crippen LogP contribution in [0.3, 0.4) is 0 Å². The highest BCUT2D eigenvalue weighted by Crippen LogP contribution is 2.23. The van der Waals surface area contributed by atoms with Gasteiger partial charge in [-0.15, -0.1) is 0 Å². The second-order valence-electron chi connectivity index (χ2n) is 6.55. The van der Waals surface area contributed by atoms with E-state index in [2.05, 4.69) is 5.32 Å². The third-order valence-corrected chi connectivity index (χ3v) is 4.78. The number of hydrogen-bond acceptors (Lipinski definition) is 4. The molecule has 2 N–H and O–H groups in total. The zero-order chi connectivity index (χ0) is 19.2. The van der Waals surface area contributed by atoms with Crippen molar-refractivity contribution in [3.63, 3.8) is 0 Å². The third-order valence-electron chi connectivity index (χ3n) is 4.78. The largest absolute Gasteiger partial charge is 0.509 e. The Labute approximate surface area is 158 Å². The van der Waals surface area contributed by atoms with Crippen LogP contribution in [0.5, 0.6) is 5.75 Å². The van der Waals surface area contributed by atoms with Gasteiger partial charge >= 0.3 is 0 Å². The first-order valence-electron chi connectivity index (χ1n) is 9.03. The summed E-state index contributed by atoms with van der Waals surface area (Å²) < 4.78 is 5.28. The van der Waals surface area contributed by atoms with Gasteiger partial charge in [-0.2, -0.15) is 0 Å². The molecule has 0 saturated carbocycles. The van der Waals surface area contributed by atoms with Crippen molar-refractivity contribution in [2.75, 3.05) is 7.11 Å². The molecule has 2 aromatic carbocycles. The van der Waals surface area contributed by atoms with Gasteiger partial charge in [-0.1, -0.05) is 48.5 Å². The van der Waals surface area contributed by atoms with Gasteiger partial charge < -0.3 is 15.2 Å². The van der Waals surface area contributed by atoms with E-state index < -0.39 is 11.9 Å². The minimum atomic E-state index is -0.511. The van der Waals surface area contributed by atoms with Crippen molar-refractivity contribution in [2.45, 2.75) is 31.7 Å². The van der Waals surface area contributed by atoms with E-state index in [4.69, 9.17) is 4.74 Å². The van der Waals surface area contributed by atoms with Crippen molar-refractivity contribution in [3.05, 3.63) is 77.1 Å². The predicted octanol–water partition coefficient (Wildman–Crippen LogP) is 3.14. The molecule has 3 rings (SSSR count). The van der Waals surface area contributed by atoms with Gasteiger partial charge in [0.25, 0.3) is 5.91 Å². The fourth-order valence-electron chi connectivity index (χ4n) is 3.31. The number of carbonyl (C=O) groups is 2. The quantitative estimate of drug-likeness (QED) is 0.705. The number of ketones is 1. The molecule has 1 unspecified atom stereocenters. The standard InChI is InChI=1S/C22H23NO4/c1-27-19-10-6-5-9-16(19)12-14-18(24)20-21(25)17(23-22(20)26)13-11-15-7-3-2-4-8-15/h2-10,17,25H,11-14H2,1H3,(H,23,26). The molecule has 1 atom stereocenters. The molecule has 0 bridgehead atoms. The summed E-state index contributed by atoms with van der Waals surface area (Å²) in [6, 6.07) is 16.8. The molecule has 5 heteroatoms. The highest BCUT2D eigenvalue weighted by atomic mass is 16.5. The lowest BCUT2D eigenvalue weighted by Crippen LogP contribution is -2.30. The molecule has 140 valence electrons. The van der Waals surface area contributed by atoms with Crippen LogP contribution in [-0.4, -0.2) is 29.9 Å². The van der Waals surface area contributed by atoms with E-state index in [0.717, 1.165) is 11.1 Å². The zero-order valence-electron chi connectivity index (χ0n) is 15.3. The smallest absolute Gasteiger partial charge is 0.259 e. The van der Waals surface area contributed by atoms with Gasteiger partial charge in [0.05, 0.1) is 13.2 Å². The molecule has 0 aromatic heterocycles. The van der Waals surface area contributed by atoms with Gasteiger partial charge in [0.2, 0.25) is 0 Å². The summed E-state index contributed by atoms with van der Waals surface area (Å²) in [6.07, 6.45) is 1.84. The van der Waals surface area contributed by atoms with E-state index >= 15 is 0 Å². The Morgan fingerprint density at radius 1 is 1.07 bits per heavy atom. The minimum Gasteiger partial charge on any atom is -0.509 e. The number of aryl methyl sites for hydroxylation is 2. The van der Waals surface area contributed by atoms with Crippen LogP contribution < -0.4 is 10.1 Å². The molecule has 0 saturated heterocycles. The maximum absolute atomic E-state index is 12.5. The van der Waals surface area contributed by atoms with Gasteiger partial charge in [-0.05, 0) is 36.5 Å². The molecular formula is C22H23NO4. The monoisotopic (exact) mass is 365 g/mol. The van der Waals surface area contributed by atoms with Gasteiger partial charge in [-0.25, -0.2) is 0 Å².